The molecule has 1 rings (SSSR count). The van der Waals surface area contributed by atoms with Crippen molar-refractivity contribution in [1.82, 2.24) is 0 Å². The molecule has 0 saturated heterocycles. The maximum Gasteiger partial charge on any atom is -0.0112 e. The third-order valence-corrected chi connectivity index (χ3v) is 2.70. The molecule has 84 valence electrons. The summed E-state index contributed by atoms with van der Waals surface area (Å²) in [5.41, 5.74) is 5.81. The summed E-state index contributed by atoms with van der Waals surface area (Å²) in [4.78, 5) is 0. The van der Waals surface area contributed by atoms with Crippen LogP contribution in [0.4, 0.5) is 0 Å². The minimum absolute atomic E-state index is 1.04. The van der Waals surface area contributed by atoms with Gasteiger partial charge in [-0.05, 0) is 42.5 Å². The van der Waals surface area contributed by atoms with Crippen LogP contribution in [0.25, 0.3) is 11.1 Å². The summed E-state index contributed by atoms with van der Waals surface area (Å²) in [5.74, 6) is 0. The minimum atomic E-state index is 1.04. The molecule has 0 heterocycles. The second-order valence-electron chi connectivity index (χ2n) is 4.10. The molecule has 0 radical (unpaired) electrons. The largest absolute Gasteiger partial charge is 0.0955 e. The van der Waals surface area contributed by atoms with Gasteiger partial charge in [-0.3, -0.25) is 0 Å². The Bertz CT molecular complexity index is 433. The molecule has 0 aliphatic heterocycles. The van der Waals surface area contributed by atoms with Gasteiger partial charge in [0.1, 0.15) is 0 Å². The first-order chi connectivity index (χ1) is 7.57. The quantitative estimate of drug-likeness (QED) is 0.610. The summed E-state index contributed by atoms with van der Waals surface area (Å²) in [6.07, 6.45) is 3.25. The lowest BCUT2D eigenvalue weighted by molar-refractivity contribution is 1.20. The fourth-order valence-electron chi connectivity index (χ4n) is 1.76. The predicted molar refractivity (Wildman–Crippen MR) is 74.2 cm³/mol. The van der Waals surface area contributed by atoms with Gasteiger partial charge in [-0.25, -0.2) is 0 Å². The molecule has 0 spiro atoms. The van der Waals surface area contributed by atoms with Crippen molar-refractivity contribution < 1.29 is 0 Å². The highest BCUT2D eigenvalue weighted by molar-refractivity contribution is 5.84. The minimum Gasteiger partial charge on any atom is -0.0955 e. The number of rotatable bonds is 4. The van der Waals surface area contributed by atoms with E-state index in [0.29, 0.717) is 0 Å². The van der Waals surface area contributed by atoms with E-state index in [1.165, 1.54) is 16.7 Å². The summed E-state index contributed by atoms with van der Waals surface area (Å²) in [5, 5.41) is 0. The molecule has 16 heavy (non-hydrogen) atoms. The topological polar surface area (TPSA) is 0 Å². The maximum absolute atomic E-state index is 4.18. The van der Waals surface area contributed by atoms with Crippen LogP contribution >= 0.6 is 0 Å². The molecule has 0 fully saturated rings. The highest BCUT2D eigenvalue weighted by atomic mass is 14.1. The van der Waals surface area contributed by atoms with E-state index in [4.69, 9.17) is 0 Å². The molecule has 0 unspecified atom stereocenters. The molecule has 0 aliphatic rings. The number of hydrogen-bond acceptors (Lipinski definition) is 0. The zero-order chi connectivity index (χ0) is 12.1. The summed E-state index contributed by atoms with van der Waals surface area (Å²) in [6, 6.07) is 8.30. The van der Waals surface area contributed by atoms with Gasteiger partial charge < -0.3 is 0 Å². The Morgan fingerprint density at radius 1 is 1.12 bits per heavy atom. The first-order valence-electron chi connectivity index (χ1n) is 5.69. The van der Waals surface area contributed by atoms with Gasteiger partial charge in [0.25, 0.3) is 0 Å². The van der Waals surface area contributed by atoms with Crippen molar-refractivity contribution in [3.8, 4) is 0 Å². The summed E-state index contributed by atoms with van der Waals surface area (Å²) >= 11 is 0. The van der Waals surface area contributed by atoms with Gasteiger partial charge in [0.2, 0.25) is 0 Å². The van der Waals surface area contributed by atoms with Gasteiger partial charge in [-0.1, -0.05) is 56.0 Å². The third kappa shape index (κ3) is 2.73. The van der Waals surface area contributed by atoms with Gasteiger partial charge >= 0.3 is 0 Å². The maximum atomic E-state index is 4.18. The van der Waals surface area contributed by atoms with Crippen LogP contribution in [-0.4, -0.2) is 0 Å². The molecule has 0 amide bonds. The van der Waals surface area contributed by atoms with Gasteiger partial charge in [-0.15, -0.1) is 0 Å². The standard InChI is InChI=1S/C16H20/c1-6-9-13(4)14(5)16-11-8-7-10-15(16)12(2)3/h7-11H,2,5-6H2,1,3-4H3/b13-9-. The van der Waals surface area contributed by atoms with E-state index in [1.807, 2.05) is 19.1 Å². The van der Waals surface area contributed by atoms with Gasteiger partial charge in [-0.2, -0.15) is 0 Å². The zero-order valence-electron chi connectivity index (χ0n) is 10.5. The van der Waals surface area contributed by atoms with E-state index in [-0.39, 0.29) is 0 Å². The molecular weight excluding hydrogens is 192 g/mol. The van der Waals surface area contributed by atoms with Gasteiger partial charge in [0.05, 0.1) is 0 Å². The van der Waals surface area contributed by atoms with E-state index in [2.05, 4.69) is 45.2 Å². The number of hydrogen-bond donors (Lipinski definition) is 0. The van der Waals surface area contributed by atoms with E-state index in [1.54, 1.807) is 0 Å². The Balaban J connectivity index is 3.18. The fourth-order valence-corrected chi connectivity index (χ4v) is 1.76. The van der Waals surface area contributed by atoms with Crippen molar-refractivity contribution in [2.24, 2.45) is 0 Å². The molecule has 0 atom stereocenters. The Morgan fingerprint density at radius 2 is 1.69 bits per heavy atom. The molecular formula is C16H20. The lowest BCUT2D eigenvalue weighted by Crippen LogP contribution is -1.91. The lowest BCUT2D eigenvalue weighted by Gasteiger charge is -2.12. The van der Waals surface area contributed by atoms with Crippen LogP contribution in [-0.2, 0) is 0 Å². The van der Waals surface area contributed by atoms with Crippen LogP contribution in [0.1, 0.15) is 38.3 Å². The van der Waals surface area contributed by atoms with Crippen LogP contribution < -0.4 is 0 Å². The Labute approximate surface area is 99.0 Å². The molecule has 0 saturated carbocycles. The summed E-state index contributed by atoms with van der Waals surface area (Å²) in [7, 11) is 0. The van der Waals surface area contributed by atoms with Crippen molar-refractivity contribution in [2.45, 2.75) is 27.2 Å². The first kappa shape index (κ1) is 12.5. The monoisotopic (exact) mass is 212 g/mol. The van der Waals surface area contributed by atoms with Crippen LogP contribution in [0.3, 0.4) is 0 Å². The van der Waals surface area contributed by atoms with E-state index < -0.39 is 0 Å². The SMILES string of the molecule is C=C(C)c1ccccc1C(=C)/C(C)=C\CC. The molecule has 0 N–H and O–H groups in total. The Morgan fingerprint density at radius 3 is 2.19 bits per heavy atom. The van der Waals surface area contributed by atoms with Crippen molar-refractivity contribution in [3.63, 3.8) is 0 Å². The molecule has 1 aromatic rings. The number of allylic oxidation sites excluding steroid dienone is 4. The number of benzene rings is 1. The Hall–Kier alpha value is -1.56. The molecule has 0 nitrogen and oxygen atoms in total. The van der Waals surface area contributed by atoms with E-state index in [9.17, 15) is 0 Å². The zero-order valence-corrected chi connectivity index (χ0v) is 10.5. The highest BCUT2D eigenvalue weighted by Crippen LogP contribution is 2.27. The lowest BCUT2D eigenvalue weighted by atomic mass is 9.92. The average molecular weight is 212 g/mol. The third-order valence-electron chi connectivity index (χ3n) is 2.70. The molecule has 0 bridgehead atoms. The highest BCUT2D eigenvalue weighted by Gasteiger charge is 2.06. The van der Waals surface area contributed by atoms with Crippen molar-refractivity contribution in [1.29, 1.82) is 0 Å². The second-order valence-corrected chi connectivity index (χ2v) is 4.10. The average Bonchev–Trinajstić information content (AvgIpc) is 2.28. The van der Waals surface area contributed by atoms with E-state index >= 15 is 0 Å². The van der Waals surface area contributed by atoms with Gasteiger partial charge in [0, 0.05) is 0 Å². The van der Waals surface area contributed by atoms with Crippen LogP contribution in [0.5, 0.6) is 0 Å². The van der Waals surface area contributed by atoms with Crippen molar-refractivity contribution in [2.75, 3.05) is 0 Å². The van der Waals surface area contributed by atoms with Crippen molar-refractivity contribution in [3.05, 3.63) is 60.2 Å². The fraction of sp³-hybridized carbons (Fsp3) is 0.250. The molecule has 0 heteroatoms. The van der Waals surface area contributed by atoms with Crippen LogP contribution in [0.15, 0.2) is 49.1 Å². The van der Waals surface area contributed by atoms with Crippen LogP contribution in [0.2, 0.25) is 0 Å². The molecule has 1 aromatic carbocycles. The molecule has 0 aliphatic carbocycles. The van der Waals surface area contributed by atoms with Gasteiger partial charge in [0.15, 0.2) is 0 Å². The van der Waals surface area contributed by atoms with E-state index in [0.717, 1.165) is 17.6 Å². The normalized spacial score (nSPS) is 11.3. The Kier molecular flexibility index (Phi) is 4.30. The van der Waals surface area contributed by atoms with Crippen molar-refractivity contribution >= 4 is 11.1 Å². The molecule has 0 aromatic heterocycles. The predicted octanol–water partition coefficient (Wildman–Crippen LogP) is 5.09. The summed E-state index contributed by atoms with van der Waals surface area (Å²) in [6.45, 7) is 14.5. The summed E-state index contributed by atoms with van der Waals surface area (Å²) < 4.78 is 0. The first-order valence-corrected chi connectivity index (χ1v) is 5.69. The van der Waals surface area contributed by atoms with Crippen LogP contribution in [0, 0.1) is 0 Å². The smallest absolute Gasteiger partial charge is 0.0112 e. The second kappa shape index (κ2) is 5.50.